The number of halogens is 3. The fraction of sp³-hybridized carbons (Fsp3) is 0.143. The molecule has 1 nitrogen and oxygen atoms in total. The second kappa shape index (κ2) is 5.96. The zero-order valence-electron chi connectivity index (χ0n) is 9.81. The maximum atomic E-state index is 6.07. The minimum Gasteiger partial charge on any atom is -0.381 e. The van der Waals surface area contributed by atoms with Crippen molar-refractivity contribution in [2.75, 3.05) is 5.32 Å². The quantitative estimate of drug-likeness (QED) is 0.755. The van der Waals surface area contributed by atoms with Gasteiger partial charge in [-0.05, 0) is 58.2 Å². The van der Waals surface area contributed by atoms with E-state index in [-0.39, 0.29) is 0 Å². The molecule has 1 N–H and O–H groups in total. The molecule has 0 amide bonds. The van der Waals surface area contributed by atoms with E-state index in [9.17, 15) is 0 Å². The number of rotatable bonds is 3. The third kappa shape index (κ3) is 3.41. The highest BCUT2D eigenvalue weighted by Crippen LogP contribution is 2.24. The van der Waals surface area contributed by atoms with Gasteiger partial charge in [0, 0.05) is 21.7 Å². The zero-order chi connectivity index (χ0) is 13.1. The molecule has 0 saturated carbocycles. The lowest BCUT2D eigenvalue weighted by molar-refractivity contribution is 1.15. The molecule has 2 aromatic carbocycles. The van der Waals surface area contributed by atoms with Crippen LogP contribution in [0.1, 0.15) is 11.1 Å². The highest BCUT2D eigenvalue weighted by molar-refractivity contribution is 9.10. The Morgan fingerprint density at radius 2 is 1.83 bits per heavy atom. The monoisotopic (exact) mass is 343 g/mol. The highest BCUT2D eigenvalue weighted by Gasteiger charge is 2.01. The molecule has 18 heavy (non-hydrogen) atoms. The molecule has 0 bridgehead atoms. The summed E-state index contributed by atoms with van der Waals surface area (Å²) in [5, 5.41) is 4.81. The minimum atomic E-state index is 0.715. The molecule has 0 unspecified atom stereocenters. The number of aryl methyl sites for hydroxylation is 1. The van der Waals surface area contributed by atoms with Crippen LogP contribution in [-0.4, -0.2) is 0 Å². The van der Waals surface area contributed by atoms with E-state index in [4.69, 9.17) is 23.2 Å². The van der Waals surface area contributed by atoms with E-state index < -0.39 is 0 Å². The molecular formula is C14H12BrCl2N. The predicted molar refractivity (Wildman–Crippen MR) is 82.7 cm³/mol. The van der Waals surface area contributed by atoms with Gasteiger partial charge in [-0.25, -0.2) is 0 Å². The van der Waals surface area contributed by atoms with Crippen LogP contribution >= 0.6 is 39.1 Å². The molecule has 0 aliphatic rings. The lowest BCUT2D eigenvalue weighted by atomic mass is 10.2. The second-order valence-corrected chi connectivity index (χ2v) is 5.73. The Morgan fingerprint density at radius 3 is 2.50 bits per heavy atom. The summed E-state index contributed by atoms with van der Waals surface area (Å²) in [5.74, 6) is 0. The SMILES string of the molecule is Cc1ccc(NCc2ccc(Br)c(Cl)c2)cc1Cl. The van der Waals surface area contributed by atoms with Crippen LogP contribution in [0.4, 0.5) is 5.69 Å². The standard InChI is InChI=1S/C14H12BrCl2N/c1-9-2-4-11(7-13(9)16)18-8-10-3-5-12(15)14(17)6-10/h2-7,18H,8H2,1H3. The zero-order valence-corrected chi connectivity index (χ0v) is 12.9. The Kier molecular flexibility index (Phi) is 4.55. The fourth-order valence-electron chi connectivity index (χ4n) is 1.56. The van der Waals surface area contributed by atoms with Gasteiger partial charge in [-0.2, -0.15) is 0 Å². The van der Waals surface area contributed by atoms with Gasteiger partial charge in [0.25, 0.3) is 0 Å². The first-order chi connectivity index (χ1) is 8.56. The Hall–Kier alpha value is -0.700. The van der Waals surface area contributed by atoms with Crippen LogP contribution in [-0.2, 0) is 6.54 Å². The van der Waals surface area contributed by atoms with Crippen molar-refractivity contribution in [3.63, 3.8) is 0 Å². The summed E-state index contributed by atoms with van der Waals surface area (Å²) in [7, 11) is 0. The predicted octanol–water partition coefficient (Wildman–Crippen LogP) is 5.68. The van der Waals surface area contributed by atoms with E-state index in [0.717, 1.165) is 31.3 Å². The van der Waals surface area contributed by atoms with Crippen molar-refractivity contribution in [2.45, 2.75) is 13.5 Å². The van der Waals surface area contributed by atoms with E-state index in [1.54, 1.807) is 0 Å². The van der Waals surface area contributed by atoms with Crippen LogP contribution < -0.4 is 5.32 Å². The molecule has 0 radical (unpaired) electrons. The van der Waals surface area contributed by atoms with Gasteiger partial charge in [-0.15, -0.1) is 0 Å². The number of benzene rings is 2. The summed E-state index contributed by atoms with van der Waals surface area (Å²) in [6, 6.07) is 11.9. The van der Waals surface area contributed by atoms with Gasteiger partial charge in [0.1, 0.15) is 0 Å². The van der Waals surface area contributed by atoms with Crippen molar-refractivity contribution >= 4 is 44.8 Å². The lowest BCUT2D eigenvalue weighted by Crippen LogP contribution is -1.99. The summed E-state index contributed by atoms with van der Waals surface area (Å²) in [5.41, 5.74) is 3.21. The number of hydrogen-bond acceptors (Lipinski definition) is 1. The molecule has 0 heterocycles. The van der Waals surface area contributed by atoms with Gasteiger partial charge in [-0.1, -0.05) is 35.3 Å². The van der Waals surface area contributed by atoms with Crippen molar-refractivity contribution in [1.82, 2.24) is 0 Å². The molecule has 2 rings (SSSR count). The first-order valence-electron chi connectivity index (χ1n) is 5.50. The molecule has 0 spiro atoms. The number of hydrogen-bond donors (Lipinski definition) is 1. The average Bonchev–Trinajstić information content (AvgIpc) is 2.35. The topological polar surface area (TPSA) is 12.0 Å². The van der Waals surface area contributed by atoms with E-state index >= 15 is 0 Å². The van der Waals surface area contributed by atoms with Crippen molar-refractivity contribution in [2.24, 2.45) is 0 Å². The summed E-state index contributed by atoms with van der Waals surface area (Å²) in [6.07, 6.45) is 0. The number of nitrogens with one attached hydrogen (secondary N) is 1. The summed E-state index contributed by atoms with van der Waals surface area (Å²) >= 11 is 15.5. The largest absolute Gasteiger partial charge is 0.381 e. The van der Waals surface area contributed by atoms with Gasteiger partial charge in [-0.3, -0.25) is 0 Å². The Balaban J connectivity index is 2.06. The lowest BCUT2D eigenvalue weighted by Gasteiger charge is -2.09. The van der Waals surface area contributed by atoms with E-state index in [1.807, 2.05) is 43.3 Å². The molecule has 0 aliphatic heterocycles. The Labute approximate surface area is 125 Å². The summed E-state index contributed by atoms with van der Waals surface area (Å²) in [4.78, 5) is 0. The van der Waals surface area contributed by atoms with Crippen molar-refractivity contribution in [3.8, 4) is 0 Å². The third-order valence-electron chi connectivity index (χ3n) is 2.65. The normalized spacial score (nSPS) is 10.4. The first-order valence-corrected chi connectivity index (χ1v) is 7.05. The van der Waals surface area contributed by atoms with Gasteiger partial charge >= 0.3 is 0 Å². The van der Waals surface area contributed by atoms with Crippen LogP contribution in [0, 0.1) is 6.92 Å². The molecular weight excluding hydrogens is 333 g/mol. The van der Waals surface area contributed by atoms with Gasteiger partial charge in [0.05, 0.1) is 5.02 Å². The van der Waals surface area contributed by atoms with Crippen LogP contribution in [0.3, 0.4) is 0 Å². The van der Waals surface area contributed by atoms with Crippen molar-refractivity contribution in [3.05, 3.63) is 62.0 Å². The van der Waals surface area contributed by atoms with Gasteiger partial charge in [0.15, 0.2) is 0 Å². The van der Waals surface area contributed by atoms with E-state index in [1.165, 1.54) is 0 Å². The molecule has 0 atom stereocenters. The summed E-state index contributed by atoms with van der Waals surface area (Å²) < 4.78 is 0.909. The van der Waals surface area contributed by atoms with Crippen LogP contribution in [0.25, 0.3) is 0 Å². The van der Waals surface area contributed by atoms with Crippen molar-refractivity contribution in [1.29, 1.82) is 0 Å². The Bertz CT molecular complexity index is 518. The maximum Gasteiger partial charge on any atom is 0.0551 e. The van der Waals surface area contributed by atoms with E-state index in [0.29, 0.717) is 6.54 Å². The van der Waals surface area contributed by atoms with Gasteiger partial charge in [0.2, 0.25) is 0 Å². The number of anilines is 1. The third-order valence-corrected chi connectivity index (χ3v) is 4.29. The van der Waals surface area contributed by atoms with Gasteiger partial charge < -0.3 is 5.32 Å². The first kappa shape index (κ1) is 13.7. The molecule has 94 valence electrons. The molecule has 0 fully saturated rings. The smallest absolute Gasteiger partial charge is 0.0551 e. The summed E-state index contributed by atoms with van der Waals surface area (Å²) in [6.45, 7) is 2.70. The molecule has 0 aromatic heterocycles. The molecule has 0 aliphatic carbocycles. The van der Waals surface area contributed by atoms with Crippen LogP contribution in [0.5, 0.6) is 0 Å². The van der Waals surface area contributed by atoms with Crippen LogP contribution in [0.2, 0.25) is 10.0 Å². The molecule has 0 saturated heterocycles. The molecule has 4 heteroatoms. The average molecular weight is 345 g/mol. The van der Waals surface area contributed by atoms with Crippen LogP contribution in [0.15, 0.2) is 40.9 Å². The Morgan fingerprint density at radius 1 is 1.06 bits per heavy atom. The molecule has 2 aromatic rings. The van der Waals surface area contributed by atoms with Crippen molar-refractivity contribution < 1.29 is 0 Å². The maximum absolute atomic E-state index is 6.07. The second-order valence-electron chi connectivity index (χ2n) is 4.07. The minimum absolute atomic E-state index is 0.715. The fourth-order valence-corrected chi connectivity index (χ4v) is 2.19. The highest BCUT2D eigenvalue weighted by atomic mass is 79.9. The van der Waals surface area contributed by atoms with E-state index in [2.05, 4.69) is 21.2 Å².